The number of thiazole rings is 1. The summed E-state index contributed by atoms with van der Waals surface area (Å²) in [7, 11) is 5.83. The first-order valence-corrected chi connectivity index (χ1v) is 16.0. The zero-order chi connectivity index (χ0) is 34.7. The van der Waals surface area contributed by atoms with Crippen molar-refractivity contribution in [2.75, 3.05) is 40.4 Å². The summed E-state index contributed by atoms with van der Waals surface area (Å²) in [5.41, 5.74) is 2.29. The van der Waals surface area contributed by atoms with E-state index in [1.807, 2.05) is 42.5 Å². The van der Waals surface area contributed by atoms with E-state index >= 15 is 0 Å². The van der Waals surface area contributed by atoms with Gasteiger partial charge in [-0.05, 0) is 59.8 Å². The minimum Gasteiger partial charge on any atom is -0.493 e. The summed E-state index contributed by atoms with van der Waals surface area (Å²) in [6, 6.07) is 23.0. The van der Waals surface area contributed by atoms with E-state index in [1.165, 1.54) is 44.3 Å². The lowest BCUT2D eigenvalue weighted by Crippen LogP contribution is -2.39. The number of esters is 1. The van der Waals surface area contributed by atoms with Crippen molar-refractivity contribution in [3.8, 4) is 23.0 Å². The van der Waals surface area contributed by atoms with Crippen molar-refractivity contribution >= 4 is 45.7 Å². The van der Waals surface area contributed by atoms with Crippen LogP contribution in [-0.2, 0) is 14.3 Å². The number of hydrogen-bond donors (Lipinski definition) is 1. The Labute approximate surface area is 285 Å². The van der Waals surface area contributed by atoms with Crippen LogP contribution in [0.3, 0.4) is 0 Å². The number of amides is 1. The highest BCUT2D eigenvalue weighted by Crippen LogP contribution is 2.36. The topological polar surface area (TPSA) is 127 Å². The summed E-state index contributed by atoms with van der Waals surface area (Å²) in [5, 5.41) is 4.85. The van der Waals surface area contributed by atoms with Crippen LogP contribution in [0.1, 0.15) is 24.1 Å². The van der Waals surface area contributed by atoms with Crippen molar-refractivity contribution in [1.29, 1.82) is 0 Å². The molecule has 250 valence electrons. The number of carbonyl (C=O) groups excluding carboxylic acids is 2. The molecule has 6 rings (SSSR count). The molecule has 11 nitrogen and oxygen atoms in total. The third-order valence-electron chi connectivity index (χ3n) is 8.06. The molecule has 1 aliphatic rings. The fourth-order valence-corrected chi connectivity index (χ4v) is 6.79. The largest absolute Gasteiger partial charge is 0.493 e. The molecule has 0 fully saturated rings. The molecule has 1 aliphatic heterocycles. The fourth-order valence-electron chi connectivity index (χ4n) is 5.74. The van der Waals surface area contributed by atoms with E-state index in [4.69, 9.17) is 23.7 Å². The van der Waals surface area contributed by atoms with Gasteiger partial charge in [0, 0.05) is 11.1 Å². The van der Waals surface area contributed by atoms with Crippen LogP contribution in [-0.4, -0.2) is 51.5 Å². The Kier molecular flexibility index (Phi) is 9.49. The number of carbonyl (C=O) groups is 2. The molecule has 4 aromatic carbocycles. The van der Waals surface area contributed by atoms with Crippen LogP contribution < -0.4 is 39.2 Å². The van der Waals surface area contributed by atoms with Gasteiger partial charge in [0.25, 0.3) is 11.5 Å². The molecule has 0 saturated carbocycles. The second-order valence-electron chi connectivity index (χ2n) is 11.0. The number of nitrogens with one attached hydrogen (secondary N) is 1. The van der Waals surface area contributed by atoms with E-state index in [2.05, 4.69) is 10.3 Å². The molecule has 1 atom stereocenters. The fraction of sp³-hybridized carbons (Fsp3) is 0.189. The zero-order valence-corrected chi connectivity index (χ0v) is 28.3. The van der Waals surface area contributed by atoms with Crippen LogP contribution in [0.15, 0.2) is 99.9 Å². The lowest BCUT2D eigenvalue weighted by molar-refractivity contribution is -0.136. The highest BCUT2D eigenvalue weighted by atomic mass is 32.1. The van der Waals surface area contributed by atoms with Crippen LogP contribution >= 0.6 is 11.3 Å². The molecular formula is C37H33N3O8S. The van der Waals surface area contributed by atoms with Gasteiger partial charge in [-0.2, -0.15) is 0 Å². The van der Waals surface area contributed by atoms with Crippen molar-refractivity contribution in [3.63, 3.8) is 0 Å². The third-order valence-corrected chi connectivity index (χ3v) is 9.04. The first kappa shape index (κ1) is 33.0. The van der Waals surface area contributed by atoms with E-state index in [0.717, 1.165) is 10.8 Å². The molecule has 1 aromatic heterocycles. The Balaban J connectivity index is 1.30. The van der Waals surface area contributed by atoms with Gasteiger partial charge in [-0.1, -0.05) is 59.9 Å². The van der Waals surface area contributed by atoms with E-state index in [9.17, 15) is 14.4 Å². The van der Waals surface area contributed by atoms with Gasteiger partial charge in [0.2, 0.25) is 0 Å². The van der Waals surface area contributed by atoms with Gasteiger partial charge in [-0.15, -0.1) is 0 Å². The van der Waals surface area contributed by atoms with Crippen LogP contribution in [0.25, 0.3) is 16.8 Å². The van der Waals surface area contributed by atoms with Gasteiger partial charge in [0.1, 0.15) is 0 Å². The number of fused-ring (bicyclic) bond motifs is 2. The maximum atomic E-state index is 14.0. The predicted molar refractivity (Wildman–Crippen MR) is 186 cm³/mol. The summed E-state index contributed by atoms with van der Waals surface area (Å²) in [6.45, 7) is 1.47. The van der Waals surface area contributed by atoms with Gasteiger partial charge in [0.05, 0.1) is 50.3 Å². The van der Waals surface area contributed by atoms with Gasteiger partial charge < -0.3 is 29.0 Å². The van der Waals surface area contributed by atoms with Gasteiger partial charge >= 0.3 is 5.97 Å². The maximum Gasteiger partial charge on any atom is 0.338 e. The lowest BCUT2D eigenvalue weighted by atomic mass is 9.95. The molecule has 5 aromatic rings. The molecule has 0 radical (unpaired) electrons. The number of aromatic nitrogens is 1. The Morgan fingerprint density at radius 3 is 2.35 bits per heavy atom. The summed E-state index contributed by atoms with van der Waals surface area (Å²) in [6.07, 6.45) is 1.71. The average Bonchev–Trinajstić information content (AvgIpc) is 3.43. The normalized spacial score (nSPS) is 14.1. The maximum absolute atomic E-state index is 14.0. The van der Waals surface area contributed by atoms with E-state index in [1.54, 1.807) is 49.4 Å². The molecule has 2 heterocycles. The third kappa shape index (κ3) is 6.50. The molecule has 1 unspecified atom stereocenters. The Bertz CT molecular complexity index is 2300. The van der Waals surface area contributed by atoms with Crippen LogP contribution in [0, 0.1) is 0 Å². The summed E-state index contributed by atoms with van der Waals surface area (Å²) in [4.78, 5) is 44.9. The van der Waals surface area contributed by atoms with Gasteiger partial charge in [-0.25, -0.2) is 9.79 Å². The van der Waals surface area contributed by atoms with Gasteiger partial charge in [0.15, 0.2) is 34.4 Å². The first-order valence-electron chi connectivity index (χ1n) is 15.2. The van der Waals surface area contributed by atoms with Crippen LogP contribution in [0.5, 0.6) is 23.0 Å². The van der Waals surface area contributed by atoms with Crippen molar-refractivity contribution in [1.82, 2.24) is 4.57 Å². The Morgan fingerprint density at radius 1 is 0.878 bits per heavy atom. The molecule has 1 N–H and O–H groups in total. The molecular weight excluding hydrogens is 646 g/mol. The van der Waals surface area contributed by atoms with Crippen LogP contribution in [0.4, 0.5) is 5.69 Å². The number of anilines is 1. The molecule has 0 spiro atoms. The molecule has 12 heteroatoms. The quantitative estimate of drug-likeness (QED) is 0.212. The Hall–Kier alpha value is -5.88. The zero-order valence-electron chi connectivity index (χ0n) is 27.4. The highest BCUT2D eigenvalue weighted by Gasteiger charge is 2.33. The monoisotopic (exact) mass is 679 g/mol. The predicted octanol–water partition coefficient (Wildman–Crippen LogP) is 4.60. The molecule has 1 amide bonds. The molecule has 0 bridgehead atoms. The highest BCUT2D eigenvalue weighted by molar-refractivity contribution is 7.07. The lowest BCUT2D eigenvalue weighted by Gasteiger charge is -2.25. The number of hydrogen-bond acceptors (Lipinski definition) is 10. The first-order chi connectivity index (χ1) is 23.8. The second kappa shape index (κ2) is 14.1. The number of rotatable bonds is 10. The summed E-state index contributed by atoms with van der Waals surface area (Å²) in [5.74, 6) is 0.774. The number of benzene rings is 4. The van der Waals surface area contributed by atoms with Crippen molar-refractivity contribution in [2.24, 2.45) is 4.99 Å². The van der Waals surface area contributed by atoms with Gasteiger partial charge in [-0.3, -0.25) is 14.2 Å². The summed E-state index contributed by atoms with van der Waals surface area (Å²) < 4.78 is 29.3. The molecule has 49 heavy (non-hydrogen) atoms. The minimum atomic E-state index is -0.823. The number of ether oxygens (including phenoxy) is 5. The van der Waals surface area contributed by atoms with E-state index < -0.39 is 12.0 Å². The summed E-state index contributed by atoms with van der Waals surface area (Å²) >= 11 is 1.19. The number of nitrogens with zero attached hydrogens (tertiary/aromatic N) is 2. The molecule has 0 saturated heterocycles. The Morgan fingerprint density at radius 2 is 1.59 bits per heavy atom. The minimum absolute atomic E-state index is 0.237. The standard InChI is InChI=1S/C37H33N3O8S/c1-21-33(36(43)47-5)34(24-14-16-27(44-2)30(19-24)46-4)40-35(42)31(49-37(40)38-21)18-22-13-15-28(29(17-22)45-3)48-20-32(41)39-26-12-8-10-23-9-6-7-11-25(23)26/h6-19,34H,20H2,1-5H3,(H,39,41)/b31-18+. The average molecular weight is 680 g/mol. The van der Waals surface area contributed by atoms with Crippen LogP contribution in [0.2, 0.25) is 0 Å². The van der Waals surface area contributed by atoms with E-state index in [-0.39, 0.29) is 23.6 Å². The van der Waals surface area contributed by atoms with Crippen molar-refractivity contribution in [2.45, 2.75) is 13.0 Å². The van der Waals surface area contributed by atoms with Crippen molar-refractivity contribution in [3.05, 3.63) is 121 Å². The SMILES string of the molecule is COC(=O)C1=C(C)N=c2s/c(=C/c3ccc(OCC(=O)Nc4cccc5ccccc45)c(OC)c3)c(=O)n2C1c1ccc(OC)c(OC)c1. The van der Waals surface area contributed by atoms with Crippen molar-refractivity contribution < 1.29 is 33.3 Å². The number of allylic oxidation sites excluding steroid dienone is 1. The molecule has 0 aliphatic carbocycles. The van der Waals surface area contributed by atoms with E-state index in [0.29, 0.717) is 54.8 Å². The second-order valence-corrected chi connectivity index (χ2v) is 12.0. The smallest absolute Gasteiger partial charge is 0.338 e. The number of methoxy groups -OCH3 is 4.